The van der Waals surface area contributed by atoms with Crippen molar-refractivity contribution in [2.45, 2.75) is 64.1 Å². The average Bonchev–Trinajstić information content (AvgIpc) is 3.40. The smallest absolute Gasteiger partial charge is 0.256 e. The molecule has 1 aliphatic rings. The summed E-state index contributed by atoms with van der Waals surface area (Å²) in [5, 5.41) is 21.5. The fraction of sp³-hybridized carbons (Fsp3) is 0.440. The molecule has 1 fully saturated rings. The van der Waals surface area contributed by atoms with E-state index in [1.165, 1.54) is 0 Å². The van der Waals surface area contributed by atoms with Crippen molar-refractivity contribution >= 4 is 29.0 Å². The molecule has 0 unspecified atom stereocenters. The number of amides is 1. The van der Waals surface area contributed by atoms with Crippen molar-refractivity contribution in [3.63, 3.8) is 0 Å². The molecule has 3 heterocycles. The van der Waals surface area contributed by atoms with Gasteiger partial charge in [-0.1, -0.05) is 25.5 Å². The van der Waals surface area contributed by atoms with Gasteiger partial charge >= 0.3 is 0 Å². The lowest BCUT2D eigenvalue weighted by Crippen LogP contribution is -2.31. The number of pyridine rings is 1. The van der Waals surface area contributed by atoms with Crippen molar-refractivity contribution in [2.75, 3.05) is 17.2 Å². The summed E-state index contributed by atoms with van der Waals surface area (Å²) in [6.07, 6.45) is 8.41. The maximum atomic E-state index is 13.0. The van der Waals surface area contributed by atoms with E-state index in [0.29, 0.717) is 23.9 Å². The van der Waals surface area contributed by atoms with Crippen LogP contribution in [0.4, 0.5) is 11.8 Å². The van der Waals surface area contributed by atoms with E-state index in [9.17, 15) is 9.90 Å². The first kappa shape index (κ1) is 24.1. The normalized spacial score (nSPS) is 17.8. The van der Waals surface area contributed by atoms with E-state index in [1.54, 1.807) is 23.7 Å². The number of thiophene rings is 1. The van der Waals surface area contributed by atoms with Crippen LogP contribution in [0.25, 0.3) is 10.6 Å². The third kappa shape index (κ3) is 6.51. The standard InChI is InChI=1S/C25H32N6O2S/c1-2-3-12-26-25-29-16-20(23(31-25)30-18-7-9-19(32)10-8-18)24(33)28-15-17-6-11-21(27-14-17)22-5-4-13-34-22/h4-6,11,13-14,16,18-19,32H,2-3,7-10,12,15H2,1H3,(H,28,33)(H2,26,29,30,31). The number of nitrogens with zero attached hydrogens (tertiary/aromatic N) is 3. The first-order valence-corrected chi connectivity index (χ1v) is 12.8. The van der Waals surface area contributed by atoms with Crippen LogP contribution < -0.4 is 16.0 Å². The van der Waals surface area contributed by atoms with Gasteiger partial charge in [0, 0.05) is 31.5 Å². The third-order valence-corrected chi connectivity index (χ3v) is 6.83. The van der Waals surface area contributed by atoms with Crippen molar-refractivity contribution in [3.8, 4) is 10.6 Å². The van der Waals surface area contributed by atoms with Crippen molar-refractivity contribution in [1.82, 2.24) is 20.3 Å². The Morgan fingerprint density at radius 2 is 2.00 bits per heavy atom. The van der Waals surface area contributed by atoms with Gasteiger partial charge in [-0.15, -0.1) is 11.3 Å². The van der Waals surface area contributed by atoms with E-state index in [-0.39, 0.29) is 18.1 Å². The summed E-state index contributed by atoms with van der Waals surface area (Å²) in [5.74, 6) is 0.802. The zero-order chi connectivity index (χ0) is 23.8. The Hall–Kier alpha value is -3.04. The van der Waals surface area contributed by atoms with E-state index >= 15 is 0 Å². The average molecular weight is 481 g/mol. The van der Waals surface area contributed by atoms with Gasteiger partial charge in [0.2, 0.25) is 5.95 Å². The second-order valence-electron chi connectivity index (χ2n) is 8.60. The molecule has 0 spiro atoms. The molecular formula is C25H32N6O2S. The highest BCUT2D eigenvalue weighted by molar-refractivity contribution is 7.13. The molecule has 180 valence electrons. The van der Waals surface area contributed by atoms with Gasteiger partial charge in [0.05, 0.1) is 16.7 Å². The van der Waals surface area contributed by atoms with Crippen LogP contribution in [0.2, 0.25) is 0 Å². The minimum atomic E-state index is -0.239. The van der Waals surface area contributed by atoms with Crippen LogP contribution in [0.3, 0.4) is 0 Å². The Kier molecular flexibility index (Phi) is 8.43. The number of nitrogens with one attached hydrogen (secondary N) is 3. The lowest BCUT2D eigenvalue weighted by molar-refractivity contribution is 0.0950. The Labute approximate surface area is 204 Å². The van der Waals surface area contributed by atoms with Gasteiger partial charge in [0.25, 0.3) is 5.91 Å². The fourth-order valence-electron chi connectivity index (χ4n) is 3.91. The SMILES string of the molecule is CCCCNc1ncc(C(=O)NCc2ccc(-c3cccs3)nc2)c(NC2CCC(O)CC2)n1. The number of anilines is 2. The summed E-state index contributed by atoms with van der Waals surface area (Å²) in [6.45, 7) is 3.28. The minimum Gasteiger partial charge on any atom is -0.393 e. The Morgan fingerprint density at radius 1 is 1.15 bits per heavy atom. The minimum absolute atomic E-state index is 0.169. The van der Waals surface area contributed by atoms with E-state index in [2.05, 4.69) is 37.8 Å². The van der Waals surface area contributed by atoms with E-state index in [0.717, 1.165) is 61.2 Å². The molecule has 3 aromatic heterocycles. The van der Waals surface area contributed by atoms with Crippen molar-refractivity contribution in [2.24, 2.45) is 0 Å². The molecule has 4 rings (SSSR count). The highest BCUT2D eigenvalue weighted by atomic mass is 32.1. The second kappa shape index (κ2) is 11.9. The molecule has 8 nitrogen and oxygen atoms in total. The van der Waals surface area contributed by atoms with Crippen LogP contribution in [0.1, 0.15) is 61.4 Å². The molecule has 4 N–H and O–H groups in total. The highest BCUT2D eigenvalue weighted by Gasteiger charge is 2.22. The lowest BCUT2D eigenvalue weighted by Gasteiger charge is -2.27. The zero-order valence-electron chi connectivity index (χ0n) is 19.5. The maximum absolute atomic E-state index is 13.0. The summed E-state index contributed by atoms with van der Waals surface area (Å²) in [5.41, 5.74) is 2.26. The molecule has 0 aromatic carbocycles. The fourth-order valence-corrected chi connectivity index (χ4v) is 4.61. The summed E-state index contributed by atoms with van der Waals surface area (Å²) >= 11 is 1.65. The number of aliphatic hydroxyl groups excluding tert-OH is 1. The zero-order valence-corrected chi connectivity index (χ0v) is 20.3. The molecule has 0 aliphatic heterocycles. The van der Waals surface area contributed by atoms with Gasteiger partial charge in [0.1, 0.15) is 11.4 Å². The van der Waals surface area contributed by atoms with E-state index in [1.807, 2.05) is 29.6 Å². The highest BCUT2D eigenvalue weighted by Crippen LogP contribution is 2.24. The summed E-state index contributed by atoms with van der Waals surface area (Å²) in [4.78, 5) is 27.6. The van der Waals surface area contributed by atoms with Gasteiger partial charge in [-0.25, -0.2) is 4.98 Å². The Morgan fingerprint density at radius 3 is 2.71 bits per heavy atom. The van der Waals surface area contributed by atoms with Crippen LogP contribution in [0.5, 0.6) is 0 Å². The van der Waals surface area contributed by atoms with Crippen LogP contribution in [-0.2, 0) is 6.54 Å². The second-order valence-corrected chi connectivity index (χ2v) is 9.55. The number of aromatic nitrogens is 3. The number of aliphatic hydroxyl groups is 1. The van der Waals surface area contributed by atoms with Crippen LogP contribution in [0.15, 0.2) is 42.0 Å². The van der Waals surface area contributed by atoms with Gasteiger partial charge in [-0.2, -0.15) is 4.98 Å². The van der Waals surface area contributed by atoms with Crippen molar-refractivity contribution in [3.05, 3.63) is 53.2 Å². The molecule has 0 radical (unpaired) electrons. The maximum Gasteiger partial charge on any atom is 0.256 e. The van der Waals surface area contributed by atoms with E-state index in [4.69, 9.17) is 0 Å². The molecule has 0 bridgehead atoms. The van der Waals surface area contributed by atoms with Gasteiger partial charge in [-0.3, -0.25) is 9.78 Å². The number of hydrogen-bond acceptors (Lipinski definition) is 8. The first-order valence-electron chi connectivity index (χ1n) is 11.9. The van der Waals surface area contributed by atoms with Crippen LogP contribution >= 0.6 is 11.3 Å². The van der Waals surface area contributed by atoms with Gasteiger partial charge in [-0.05, 0) is 55.2 Å². The predicted molar refractivity (Wildman–Crippen MR) is 136 cm³/mol. The van der Waals surface area contributed by atoms with Crippen molar-refractivity contribution in [1.29, 1.82) is 0 Å². The largest absolute Gasteiger partial charge is 0.393 e. The van der Waals surface area contributed by atoms with Crippen LogP contribution in [0, 0.1) is 0 Å². The number of carbonyl (C=O) groups is 1. The van der Waals surface area contributed by atoms with Gasteiger partial charge in [0.15, 0.2) is 0 Å². The molecule has 9 heteroatoms. The number of rotatable bonds is 10. The third-order valence-electron chi connectivity index (χ3n) is 5.94. The molecule has 1 aliphatic carbocycles. The Bertz CT molecular complexity index is 1050. The van der Waals surface area contributed by atoms with Crippen LogP contribution in [-0.4, -0.2) is 44.7 Å². The monoisotopic (exact) mass is 480 g/mol. The van der Waals surface area contributed by atoms with Gasteiger partial charge < -0.3 is 21.1 Å². The molecule has 34 heavy (non-hydrogen) atoms. The van der Waals surface area contributed by atoms with Crippen molar-refractivity contribution < 1.29 is 9.90 Å². The number of unbranched alkanes of at least 4 members (excludes halogenated alkanes) is 1. The summed E-state index contributed by atoms with van der Waals surface area (Å²) in [7, 11) is 0. The topological polar surface area (TPSA) is 112 Å². The summed E-state index contributed by atoms with van der Waals surface area (Å²) < 4.78 is 0. The quantitative estimate of drug-likeness (QED) is 0.317. The molecule has 1 amide bonds. The molecule has 3 aromatic rings. The number of carbonyl (C=O) groups excluding carboxylic acids is 1. The number of hydrogen-bond donors (Lipinski definition) is 4. The first-order chi connectivity index (χ1) is 16.6. The Balaban J connectivity index is 1.43. The molecule has 0 atom stereocenters. The molecular weight excluding hydrogens is 448 g/mol. The lowest BCUT2D eigenvalue weighted by atomic mass is 9.93. The molecule has 0 saturated heterocycles. The molecule has 1 saturated carbocycles. The van der Waals surface area contributed by atoms with E-state index < -0.39 is 0 Å². The summed E-state index contributed by atoms with van der Waals surface area (Å²) in [6, 6.07) is 8.16. The predicted octanol–water partition coefficient (Wildman–Crippen LogP) is 4.46.